The van der Waals surface area contributed by atoms with Crippen molar-refractivity contribution in [1.82, 2.24) is 0 Å². The molecule has 0 spiro atoms. The molecule has 29 heavy (non-hydrogen) atoms. The molecule has 2 amide bonds. The molecule has 2 aromatic carbocycles. The van der Waals surface area contributed by atoms with Crippen LogP contribution < -0.4 is 24.8 Å². The molecule has 0 aromatic heterocycles. The highest BCUT2D eigenvalue weighted by atomic mass is 16.5. The van der Waals surface area contributed by atoms with Gasteiger partial charge in [-0.1, -0.05) is 12.1 Å². The molecule has 0 bridgehead atoms. The normalized spacial score (nSPS) is 17.3. The van der Waals surface area contributed by atoms with Gasteiger partial charge in [-0.15, -0.1) is 0 Å². The van der Waals surface area contributed by atoms with Gasteiger partial charge in [0.1, 0.15) is 5.75 Å². The van der Waals surface area contributed by atoms with E-state index in [4.69, 9.17) is 18.9 Å². The minimum Gasteiger partial charge on any atom is -0.493 e. The third kappa shape index (κ3) is 3.54. The van der Waals surface area contributed by atoms with Crippen molar-refractivity contribution >= 4 is 29.2 Å². The van der Waals surface area contributed by atoms with E-state index in [2.05, 4.69) is 10.6 Å². The van der Waals surface area contributed by atoms with Gasteiger partial charge in [-0.25, -0.2) is 4.79 Å². The summed E-state index contributed by atoms with van der Waals surface area (Å²) >= 11 is 0. The van der Waals surface area contributed by atoms with Gasteiger partial charge in [-0.3, -0.25) is 9.59 Å². The predicted molar refractivity (Wildman–Crippen MR) is 104 cm³/mol. The molecule has 0 saturated carbocycles. The van der Waals surface area contributed by atoms with E-state index in [0.29, 0.717) is 11.4 Å². The number of carbonyl (C=O) groups is 3. The zero-order valence-electron chi connectivity index (χ0n) is 16.3. The average Bonchev–Trinajstić information content (AvgIpc) is 2.73. The molecular weight excluding hydrogens is 380 g/mol. The lowest BCUT2D eigenvalue weighted by Gasteiger charge is -2.33. The third-order valence-corrected chi connectivity index (χ3v) is 4.49. The van der Waals surface area contributed by atoms with Gasteiger partial charge in [0, 0.05) is 12.1 Å². The SMILES string of the molecule is COC(=O)c1cc(OC)c(OC)cc1NC(=O)[C@]1(C)Oc2ccccc2NC1=O. The molecule has 0 fully saturated rings. The van der Waals surface area contributed by atoms with Crippen molar-refractivity contribution in [1.29, 1.82) is 0 Å². The van der Waals surface area contributed by atoms with Crippen LogP contribution in [0.5, 0.6) is 17.2 Å². The number of carbonyl (C=O) groups excluding carboxylic acids is 3. The van der Waals surface area contributed by atoms with Crippen molar-refractivity contribution in [3.63, 3.8) is 0 Å². The molecule has 3 rings (SSSR count). The number of anilines is 2. The Morgan fingerprint density at radius 1 is 1.07 bits per heavy atom. The van der Waals surface area contributed by atoms with Gasteiger partial charge in [0.2, 0.25) is 0 Å². The number of esters is 1. The highest BCUT2D eigenvalue weighted by Gasteiger charge is 2.47. The fourth-order valence-electron chi connectivity index (χ4n) is 2.82. The van der Waals surface area contributed by atoms with Crippen molar-refractivity contribution in [3.8, 4) is 17.2 Å². The lowest BCUT2D eigenvalue weighted by atomic mass is 10.0. The van der Waals surface area contributed by atoms with Crippen LogP contribution in [0.2, 0.25) is 0 Å². The first-order valence-corrected chi connectivity index (χ1v) is 8.59. The van der Waals surface area contributed by atoms with E-state index in [9.17, 15) is 14.4 Å². The fraction of sp³-hybridized carbons (Fsp3) is 0.250. The van der Waals surface area contributed by atoms with Crippen LogP contribution in [0.25, 0.3) is 0 Å². The van der Waals surface area contributed by atoms with Gasteiger partial charge in [-0.2, -0.15) is 0 Å². The van der Waals surface area contributed by atoms with Crippen molar-refractivity contribution in [3.05, 3.63) is 42.0 Å². The molecule has 1 atom stereocenters. The first kappa shape index (κ1) is 20.0. The van der Waals surface area contributed by atoms with Crippen molar-refractivity contribution < 1.29 is 33.3 Å². The number of hydrogen-bond acceptors (Lipinski definition) is 7. The van der Waals surface area contributed by atoms with E-state index in [-0.39, 0.29) is 22.7 Å². The van der Waals surface area contributed by atoms with Crippen LogP contribution in [0.3, 0.4) is 0 Å². The van der Waals surface area contributed by atoms with Crippen LogP contribution in [-0.2, 0) is 14.3 Å². The van der Waals surface area contributed by atoms with Crippen LogP contribution in [0, 0.1) is 0 Å². The van der Waals surface area contributed by atoms with Crippen LogP contribution >= 0.6 is 0 Å². The largest absolute Gasteiger partial charge is 0.493 e. The van der Waals surface area contributed by atoms with Crippen molar-refractivity contribution in [2.24, 2.45) is 0 Å². The number of methoxy groups -OCH3 is 3. The molecule has 2 N–H and O–H groups in total. The van der Waals surface area contributed by atoms with Crippen LogP contribution in [0.4, 0.5) is 11.4 Å². The van der Waals surface area contributed by atoms with Crippen LogP contribution in [0.15, 0.2) is 36.4 Å². The Morgan fingerprint density at radius 3 is 2.38 bits per heavy atom. The van der Waals surface area contributed by atoms with E-state index in [1.165, 1.54) is 40.4 Å². The van der Waals surface area contributed by atoms with Gasteiger partial charge in [0.05, 0.1) is 38.3 Å². The number of hydrogen-bond donors (Lipinski definition) is 2. The van der Waals surface area contributed by atoms with E-state index in [0.717, 1.165) is 0 Å². The second kappa shape index (κ2) is 7.70. The Bertz CT molecular complexity index is 989. The van der Waals surface area contributed by atoms with Gasteiger partial charge in [-0.05, 0) is 19.1 Å². The standard InChI is InChI=1S/C20H20N2O7/c1-20(18(24)21-12-7-5-6-8-14(12)29-20)19(25)22-13-10-16(27-3)15(26-2)9-11(13)17(23)28-4/h5-10H,1-4H3,(H,21,24)(H,22,25)/t20-/m1/s1. The highest BCUT2D eigenvalue weighted by molar-refractivity contribution is 6.19. The molecule has 1 aliphatic rings. The number of nitrogens with one attached hydrogen (secondary N) is 2. The number of para-hydroxylation sites is 2. The summed E-state index contributed by atoms with van der Waals surface area (Å²) in [4.78, 5) is 37.8. The number of amides is 2. The Labute approximate surface area is 166 Å². The van der Waals surface area contributed by atoms with Crippen LogP contribution in [0.1, 0.15) is 17.3 Å². The van der Waals surface area contributed by atoms with Crippen molar-refractivity contribution in [2.75, 3.05) is 32.0 Å². The Morgan fingerprint density at radius 2 is 1.72 bits per heavy atom. The summed E-state index contributed by atoms with van der Waals surface area (Å²) in [7, 11) is 4.04. The summed E-state index contributed by atoms with van der Waals surface area (Å²) < 4.78 is 20.9. The Hall–Kier alpha value is -3.75. The maximum absolute atomic E-state index is 13.0. The maximum atomic E-state index is 13.0. The molecule has 2 aromatic rings. The molecule has 1 heterocycles. The molecule has 0 radical (unpaired) electrons. The molecule has 9 heteroatoms. The number of benzene rings is 2. The highest BCUT2D eigenvalue weighted by Crippen LogP contribution is 2.36. The van der Waals surface area contributed by atoms with Crippen molar-refractivity contribution in [2.45, 2.75) is 12.5 Å². The molecule has 0 saturated heterocycles. The zero-order valence-corrected chi connectivity index (χ0v) is 16.3. The summed E-state index contributed by atoms with van der Waals surface area (Å²) in [6.07, 6.45) is 0. The predicted octanol–water partition coefficient (Wildman–Crippen LogP) is 2.22. The number of fused-ring (bicyclic) bond motifs is 1. The summed E-state index contributed by atoms with van der Waals surface area (Å²) in [6, 6.07) is 9.53. The summed E-state index contributed by atoms with van der Waals surface area (Å²) in [5.74, 6) is -1.22. The Balaban J connectivity index is 1.98. The summed E-state index contributed by atoms with van der Waals surface area (Å²) in [5.41, 5.74) is -1.30. The van der Waals surface area contributed by atoms with E-state index in [1.807, 2.05) is 0 Å². The zero-order chi connectivity index (χ0) is 21.2. The third-order valence-electron chi connectivity index (χ3n) is 4.49. The first-order valence-electron chi connectivity index (χ1n) is 8.59. The molecule has 1 aliphatic heterocycles. The minimum atomic E-state index is -1.87. The average molecular weight is 400 g/mol. The molecule has 152 valence electrons. The quantitative estimate of drug-likeness (QED) is 0.585. The smallest absolute Gasteiger partial charge is 0.340 e. The lowest BCUT2D eigenvalue weighted by Crippen LogP contribution is -2.56. The van der Waals surface area contributed by atoms with E-state index >= 15 is 0 Å². The molecular formula is C20H20N2O7. The van der Waals surface area contributed by atoms with Gasteiger partial charge >= 0.3 is 5.97 Å². The molecule has 0 aliphatic carbocycles. The summed E-state index contributed by atoms with van der Waals surface area (Å²) in [5, 5.41) is 5.21. The van der Waals surface area contributed by atoms with E-state index < -0.39 is 23.4 Å². The Kier molecular flexibility index (Phi) is 5.31. The van der Waals surface area contributed by atoms with E-state index in [1.54, 1.807) is 24.3 Å². The first-order chi connectivity index (χ1) is 13.8. The fourth-order valence-corrected chi connectivity index (χ4v) is 2.82. The maximum Gasteiger partial charge on any atom is 0.340 e. The monoisotopic (exact) mass is 400 g/mol. The summed E-state index contributed by atoms with van der Waals surface area (Å²) in [6.45, 7) is 1.34. The van der Waals surface area contributed by atoms with Gasteiger partial charge < -0.3 is 29.6 Å². The van der Waals surface area contributed by atoms with Gasteiger partial charge in [0.15, 0.2) is 11.5 Å². The minimum absolute atomic E-state index is 0.0266. The van der Waals surface area contributed by atoms with Gasteiger partial charge in [0.25, 0.3) is 17.4 Å². The molecule has 9 nitrogen and oxygen atoms in total. The topological polar surface area (TPSA) is 112 Å². The number of rotatable bonds is 5. The second-order valence-corrected chi connectivity index (χ2v) is 6.28. The second-order valence-electron chi connectivity index (χ2n) is 6.28. The lowest BCUT2D eigenvalue weighted by molar-refractivity contribution is -0.143. The van der Waals surface area contributed by atoms with Crippen LogP contribution in [-0.4, -0.2) is 44.7 Å². The number of ether oxygens (including phenoxy) is 4. The molecule has 0 unspecified atom stereocenters.